The molecule has 0 radical (unpaired) electrons. The van der Waals surface area contributed by atoms with Crippen LogP contribution in [0.5, 0.6) is 5.75 Å². The van der Waals surface area contributed by atoms with E-state index in [0.717, 1.165) is 30.5 Å². The largest absolute Gasteiger partial charge is 0.492 e. The molecular weight excluding hydrogens is 256 g/mol. The molecule has 1 aliphatic carbocycles. The second-order valence-electron chi connectivity index (χ2n) is 4.87. The molecule has 0 bridgehead atoms. The summed E-state index contributed by atoms with van der Waals surface area (Å²) in [7, 11) is 0. The van der Waals surface area contributed by atoms with Crippen molar-refractivity contribution in [3.63, 3.8) is 0 Å². The molecule has 0 unspecified atom stereocenters. The second-order valence-corrected chi connectivity index (χ2v) is 5.65. The number of aromatic nitrogens is 1. The highest BCUT2D eigenvalue weighted by Crippen LogP contribution is 2.19. The standard InChI is InChI=1S/C15H18N2OS/c1-2-13(1)16-9-14-3-4-15(10-17-14)18-7-5-12-6-8-19-11-12/h3-4,6,8,10-11,13,16H,1-2,5,7,9H2. The first-order valence-corrected chi connectivity index (χ1v) is 7.66. The minimum absolute atomic E-state index is 0.706. The van der Waals surface area contributed by atoms with Crippen LogP contribution in [-0.2, 0) is 13.0 Å². The molecule has 1 aliphatic rings. The Balaban J connectivity index is 1.42. The summed E-state index contributed by atoms with van der Waals surface area (Å²) >= 11 is 1.73. The Bertz CT molecular complexity index is 491. The van der Waals surface area contributed by atoms with Gasteiger partial charge in [0.15, 0.2) is 0 Å². The Kier molecular flexibility index (Phi) is 4.10. The number of rotatable bonds is 7. The van der Waals surface area contributed by atoms with Crippen LogP contribution in [0.15, 0.2) is 35.2 Å². The number of ether oxygens (including phenoxy) is 1. The van der Waals surface area contributed by atoms with Crippen LogP contribution < -0.4 is 10.1 Å². The van der Waals surface area contributed by atoms with Crippen molar-refractivity contribution in [3.8, 4) is 5.75 Å². The van der Waals surface area contributed by atoms with Crippen LogP contribution in [-0.4, -0.2) is 17.6 Å². The zero-order chi connectivity index (χ0) is 12.9. The minimum Gasteiger partial charge on any atom is -0.492 e. The summed E-state index contributed by atoms with van der Waals surface area (Å²) in [5.41, 5.74) is 2.42. The first kappa shape index (κ1) is 12.6. The first-order chi connectivity index (χ1) is 9.40. The lowest BCUT2D eigenvalue weighted by atomic mass is 10.2. The summed E-state index contributed by atoms with van der Waals surface area (Å²) in [6.45, 7) is 1.57. The van der Waals surface area contributed by atoms with E-state index in [-0.39, 0.29) is 0 Å². The second kappa shape index (κ2) is 6.17. The van der Waals surface area contributed by atoms with Gasteiger partial charge in [0.05, 0.1) is 18.5 Å². The maximum absolute atomic E-state index is 5.69. The summed E-state index contributed by atoms with van der Waals surface area (Å²) < 4.78 is 5.69. The van der Waals surface area contributed by atoms with Gasteiger partial charge >= 0.3 is 0 Å². The maximum atomic E-state index is 5.69. The van der Waals surface area contributed by atoms with Gasteiger partial charge in [0.2, 0.25) is 0 Å². The van der Waals surface area contributed by atoms with Crippen LogP contribution in [0.25, 0.3) is 0 Å². The van der Waals surface area contributed by atoms with Gasteiger partial charge < -0.3 is 10.1 Å². The fourth-order valence-corrected chi connectivity index (χ4v) is 2.56. The van der Waals surface area contributed by atoms with E-state index < -0.39 is 0 Å². The van der Waals surface area contributed by atoms with E-state index in [4.69, 9.17) is 4.74 Å². The third-order valence-corrected chi connectivity index (χ3v) is 3.92. The minimum atomic E-state index is 0.706. The van der Waals surface area contributed by atoms with Gasteiger partial charge in [-0.2, -0.15) is 11.3 Å². The number of hydrogen-bond acceptors (Lipinski definition) is 4. The molecule has 3 rings (SSSR count). The van der Waals surface area contributed by atoms with E-state index in [1.807, 2.05) is 18.3 Å². The predicted molar refractivity (Wildman–Crippen MR) is 77.6 cm³/mol. The van der Waals surface area contributed by atoms with Crippen molar-refractivity contribution in [1.82, 2.24) is 10.3 Å². The summed E-state index contributed by atoms with van der Waals surface area (Å²) in [4.78, 5) is 4.41. The molecular formula is C15H18N2OS. The smallest absolute Gasteiger partial charge is 0.137 e. The number of thiophene rings is 1. The van der Waals surface area contributed by atoms with Crippen LogP contribution in [0.2, 0.25) is 0 Å². The van der Waals surface area contributed by atoms with E-state index in [1.165, 1.54) is 18.4 Å². The zero-order valence-electron chi connectivity index (χ0n) is 10.8. The van der Waals surface area contributed by atoms with Gasteiger partial charge in [-0.25, -0.2) is 0 Å². The zero-order valence-corrected chi connectivity index (χ0v) is 11.7. The molecule has 0 atom stereocenters. The van der Waals surface area contributed by atoms with Crippen molar-refractivity contribution in [2.24, 2.45) is 0 Å². The molecule has 0 aliphatic heterocycles. The fourth-order valence-electron chi connectivity index (χ4n) is 1.86. The van der Waals surface area contributed by atoms with E-state index >= 15 is 0 Å². The third-order valence-electron chi connectivity index (χ3n) is 3.19. The maximum Gasteiger partial charge on any atom is 0.137 e. The summed E-state index contributed by atoms with van der Waals surface area (Å²) in [5, 5.41) is 7.71. The van der Waals surface area contributed by atoms with Crippen LogP contribution in [0.3, 0.4) is 0 Å². The van der Waals surface area contributed by atoms with Crippen molar-refractivity contribution in [1.29, 1.82) is 0 Å². The highest BCUT2D eigenvalue weighted by atomic mass is 32.1. The van der Waals surface area contributed by atoms with Gasteiger partial charge in [-0.05, 0) is 47.4 Å². The molecule has 2 aromatic heterocycles. The Morgan fingerprint density at radius 3 is 2.95 bits per heavy atom. The molecule has 0 spiro atoms. The summed E-state index contributed by atoms with van der Waals surface area (Å²) in [6.07, 6.45) is 5.39. The van der Waals surface area contributed by atoms with Crippen molar-refractivity contribution >= 4 is 11.3 Å². The van der Waals surface area contributed by atoms with Gasteiger partial charge in [-0.3, -0.25) is 4.98 Å². The van der Waals surface area contributed by atoms with E-state index in [2.05, 4.69) is 27.1 Å². The average Bonchev–Trinajstić information content (AvgIpc) is 3.13. The van der Waals surface area contributed by atoms with Crippen molar-refractivity contribution in [2.75, 3.05) is 6.61 Å². The van der Waals surface area contributed by atoms with Gasteiger partial charge in [-0.1, -0.05) is 0 Å². The van der Waals surface area contributed by atoms with Crippen molar-refractivity contribution in [3.05, 3.63) is 46.4 Å². The molecule has 2 heterocycles. The molecule has 0 aromatic carbocycles. The van der Waals surface area contributed by atoms with Crippen LogP contribution >= 0.6 is 11.3 Å². The Labute approximate surface area is 117 Å². The lowest BCUT2D eigenvalue weighted by Crippen LogP contribution is -2.16. The molecule has 0 amide bonds. The number of pyridine rings is 1. The average molecular weight is 274 g/mol. The molecule has 1 N–H and O–H groups in total. The number of hydrogen-bond donors (Lipinski definition) is 1. The molecule has 1 saturated carbocycles. The van der Waals surface area contributed by atoms with Gasteiger partial charge in [0.25, 0.3) is 0 Å². The Morgan fingerprint density at radius 1 is 1.32 bits per heavy atom. The molecule has 4 heteroatoms. The van der Waals surface area contributed by atoms with Gasteiger partial charge in [0, 0.05) is 19.0 Å². The SMILES string of the molecule is c1cc(CCOc2ccc(CNC3CC3)nc2)cs1. The van der Waals surface area contributed by atoms with Crippen LogP contribution in [0.4, 0.5) is 0 Å². The quantitative estimate of drug-likeness (QED) is 0.842. The fraction of sp³-hybridized carbons (Fsp3) is 0.400. The number of nitrogens with zero attached hydrogens (tertiary/aromatic N) is 1. The highest BCUT2D eigenvalue weighted by Gasteiger charge is 2.19. The lowest BCUT2D eigenvalue weighted by molar-refractivity contribution is 0.320. The van der Waals surface area contributed by atoms with Crippen molar-refractivity contribution < 1.29 is 4.74 Å². The Morgan fingerprint density at radius 2 is 2.26 bits per heavy atom. The topological polar surface area (TPSA) is 34.1 Å². The van der Waals surface area contributed by atoms with Gasteiger partial charge in [0.1, 0.15) is 5.75 Å². The van der Waals surface area contributed by atoms with Crippen LogP contribution in [0, 0.1) is 0 Å². The molecule has 100 valence electrons. The summed E-state index contributed by atoms with van der Waals surface area (Å²) in [6, 6.07) is 6.90. The third kappa shape index (κ3) is 4.04. The molecule has 1 fully saturated rings. The van der Waals surface area contributed by atoms with E-state index in [0.29, 0.717) is 6.61 Å². The molecule has 19 heavy (non-hydrogen) atoms. The molecule has 0 saturated heterocycles. The first-order valence-electron chi connectivity index (χ1n) is 6.72. The van der Waals surface area contributed by atoms with E-state index in [9.17, 15) is 0 Å². The summed E-state index contributed by atoms with van der Waals surface area (Å²) in [5.74, 6) is 0.852. The van der Waals surface area contributed by atoms with Gasteiger partial charge in [-0.15, -0.1) is 0 Å². The molecule has 3 nitrogen and oxygen atoms in total. The molecule has 2 aromatic rings. The normalized spacial score (nSPS) is 14.5. The Hall–Kier alpha value is -1.39. The monoisotopic (exact) mass is 274 g/mol. The number of nitrogens with one attached hydrogen (secondary N) is 1. The van der Waals surface area contributed by atoms with Crippen molar-refractivity contribution in [2.45, 2.75) is 31.8 Å². The van der Waals surface area contributed by atoms with E-state index in [1.54, 1.807) is 11.3 Å². The van der Waals surface area contributed by atoms with Crippen LogP contribution in [0.1, 0.15) is 24.1 Å². The lowest BCUT2D eigenvalue weighted by Gasteiger charge is -2.06. The predicted octanol–water partition coefficient (Wildman–Crippen LogP) is 3.02. The highest BCUT2D eigenvalue weighted by molar-refractivity contribution is 7.07.